The molecule has 1 atom stereocenters. The third-order valence-corrected chi connectivity index (χ3v) is 3.96. The van der Waals surface area contributed by atoms with Crippen LogP contribution in [-0.4, -0.2) is 30.6 Å². The van der Waals surface area contributed by atoms with Gasteiger partial charge >= 0.3 is 0 Å². The van der Waals surface area contributed by atoms with Crippen molar-refractivity contribution in [3.63, 3.8) is 0 Å². The molecule has 112 valence electrons. The predicted molar refractivity (Wildman–Crippen MR) is 82.5 cm³/mol. The van der Waals surface area contributed by atoms with E-state index in [9.17, 15) is 4.39 Å². The van der Waals surface area contributed by atoms with E-state index in [1.54, 1.807) is 12.1 Å². The molecule has 0 amide bonds. The molecule has 0 aliphatic carbocycles. The zero-order valence-corrected chi connectivity index (χ0v) is 13.1. The molecular weight excluding hydrogens is 275 g/mol. The number of nitrogens with one attached hydrogen (secondary N) is 1. The molecule has 2 rings (SSSR count). The van der Waals surface area contributed by atoms with Gasteiger partial charge in [-0.25, -0.2) is 4.39 Å². The molecule has 0 radical (unpaired) electrons. The van der Waals surface area contributed by atoms with Crippen LogP contribution in [0.1, 0.15) is 32.3 Å². The Balaban J connectivity index is 1.99. The average molecular weight is 299 g/mol. The number of benzene rings is 1. The molecule has 0 spiro atoms. The fourth-order valence-electron chi connectivity index (χ4n) is 2.84. The molecule has 1 aromatic rings. The summed E-state index contributed by atoms with van der Waals surface area (Å²) in [4.78, 5) is 2.41. The summed E-state index contributed by atoms with van der Waals surface area (Å²) in [6.07, 6.45) is 2.50. The highest BCUT2D eigenvalue weighted by Crippen LogP contribution is 2.18. The lowest BCUT2D eigenvalue weighted by atomic mass is 10.1. The molecule has 1 aromatic carbocycles. The highest BCUT2D eigenvalue weighted by Gasteiger charge is 2.19. The van der Waals surface area contributed by atoms with Crippen LogP contribution in [0.3, 0.4) is 0 Å². The quantitative estimate of drug-likeness (QED) is 0.862. The standard InChI is InChI=1S/C16H24ClFN2/c1-12(2)9-20(11-14-4-3-7-19-14)10-13-5-6-15(17)16(18)8-13/h5-6,8,12,14,19H,3-4,7,9-11H2,1-2H3. The summed E-state index contributed by atoms with van der Waals surface area (Å²) in [6.45, 7) is 8.40. The molecule has 0 bridgehead atoms. The van der Waals surface area contributed by atoms with E-state index < -0.39 is 0 Å². The van der Waals surface area contributed by atoms with Crippen molar-refractivity contribution in [2.45, 2.75) is 39.3 Å². The Bertz CT molecular complexity index is 430. The summed E-state index contributed by atoms with van der Waals surface area (Å²) >= 11 is 5.74. The summed E-state index contributed by atoms with van der Waals surface area (Å²) in [7, 11) is 0. The second kappa shape index (κ2) is 7.39. The summed E-state index contributed by atoms with van der Waals surface area (Å²) in [5.74, 6) is 0.279. The summed E-state index contributed by atoms with van der Waals surface area (Å²) in [6, 6.07) is 5.69. The van der Waals surface area contributed by atoms with Gasteiger partial charge in [-0.1, -0.05) is 31.5 Å². The average Bonchev–Trinajstić information content (AvgIpc) is 2.86. The summed E-state index contributed by atoms with van der Waals surface area (Å²) in [5, 5.41) is 3.73. The van der Waals surface area contributed by atoms with Crippen molar-refractivity contribution in [1.29, 1.82) is 0 Å². The van der Waals surface area contributed by atoms with Gasteiger partial charge in [0.05, 0.1) is 5.02 Å². The molecule has 1 N–H and O–H groups in total. The first-order valence-corrected chi connectivity index (χ1v) is 7.82. The van der Waals surface area contributed by atoms with Crippen molar-refractivity contribution in [3.05, 3.63) is 34.6 Å². The van der Waals surface area contributed by atoms with Crippen LogP contribution in [0.2, 0.25) is 5.02 Å². The molecule has 20 heavy (non-hydrogen) atoms. The Morgan fingerprint density at radius 3 is 2.85 bits per heavy atom. The van der Waals surface area contributed by atoms with Gasteiger partial charge in [-0.2, -0.15) is 0 Å². The Labute approximate surface area is 126 Å². The Morgan fingerprint density at radius 2 is 2.25 bits per heavy atom. The van der Waals surface area contributed by atoms with E-state index in [-0.39, 0.29) is 10.8 Å². The van der Waals surface area contributed by atoms with Crippen molar-refractivity contribution in [3.8, 4) is 0 Å². The van der Waals surface area contributed by atoms with E-state index in [0.717, 1.165) is 31.7 Å². The number of nitrogens with zero attached hydrogens (tertiary/aromatic N) is 1. The predicted octanol–water partition coefficient (Wildman–Crippen LogP) is 3.69. The minimum absolute atomic E-state index is 0.196. The largest absolute Gasteiger partial charge is 0.313 e. The minimum Gasteiger partial charge on any atom is -0.313 e. The van der Waals surface area contributed by atoms with Gasteiger partial charge in [0.1, 0.15) is 5.82 Å². The SMILES string of the molecule is CC(C)CN(Cc1ccc(Cl)c(F)c1)CC1CCCN1. The number of hydrogen-bond donors (Lipinski definition) is 1. The van der Waals surface area contributed by atoms with Crippen LogP contribution < -0.4 is 5.32 Å². The fraction of sp³-hybridized carbons (Fsp3) is 0.625. The van der Waals surface area contributed by atoms with E-state index in [1.165, 1.54) is 12.8 Å². The normalized spacial score (nSPS) is 19.2. The van der Waals surface area contributed by atoms with E-state index in [1.807, 2.05) is 6.07 Å². The van der Waals surface area contributed by atoms with Crippen molar-refractivity contribution >= 4 is 11.6 Å². The number of rotatable bonds is 6. The van der Waals surface area contributed by atoms with E-state index in [0.29, 0.717) is 12.0 Å². The second-order valence-electron chi connectivity index (χ2n) is 6.13. The first kappa shape index (κ1) is 15.7. The van der Waals surface area contributed by atoms with E-state index >= 15 is 0 Å². The first-order chi connectivity index (χ1) is 9.54. The highest BCUT2D eigenvalue weighted by atomic mass is 35.5. The first-order valence-electron chi connectivity index (χ1n) is 7.44. The summed E-state index contributed by atoms with van der Waals surface area (Å²) in [5.41, 5.74) is 0.991. The molecular formula is C16H24ClFN2. The lowest BCUT2D eigenvalue weighted by Crippen LogP contribution is -2.39. The smallest absolute Gasteiger partial charge is 0.142 e. The maximum atomic E-state index is 13.5. The lowest BCUT2D eigenvalue weighted by Gasteiger charge is -2.27. The second-order valence-corrected chi connectivity index (χ2v) is 6.54. The van der Waals surface area contributed by atoms with Crippen LogP contribution >= 0.6 is 11.6 Å². The van der Waals surface area contributed by atoms with Gasteiger partial charge in [0, 0.05) is 25.7 Å². The third kappa shape index (κ3) is 4.72. The summed E-state index contributed by atoms with van der Waals surface area (Å²) < 4.78 is 13.5. The molecule has 4 heteroatoms. The monoisotopic (exact) mass is 298 g/mol. The molecule has 1 unspecified atom stereocenters. The molecule has 0 saturated carbocycles. The van der Waals surface area contributed by atoms with Crippen LogP contribution in [0.25, 0.3) is 0 Å². The molecule has 1 fully saturated rings. The van der Waals surface area contributed by atoms with Crippen molar-refractivity contribution in [2.75, 3.05) is 19.6 Å². The van der Waals surface area contributed by atoms with Crippen molar-refractivity contribution in [1.82, 2.24) is 10.2 Å². The molecule has 1 aliphatic heterocycles. The van der Waals surface area contributed by atoms with Crippen LogP contribution in [0, 0.1) is 11.7 Å². The molecule has 2 nitrogen and oxygen atoms in total. The maximum Gasteiger partial charge on any atom is 0.142 e. The molecule has 1 saturated heterocycles. The van der Waals surface area contributed by atoms with E-state index in [2.05, 4.69) is 24.1 Å². The van der Waals surface area contributed by atoms with Crippen molar-refractivity contribution < 1.29 is 4.39 Å². The Hall–Kier alpha value is -0.640. The van der Waals surface area contributed by atoms with Gasteiger partial charge in [-0.3, -0.25) is 4.90 Å². The van der Waals surface area contributed by atoms with E-state index in [4.69, 9.17) is 11.6 Å². The van der Waals surface area contributed by atoms with Crippen LogP contribution in [-0.2, 0) is 6.54 Å². The maximum absolute atomic E-state index is 13.5. The minimum atomic E-state index is -0.326. The topological polar surface area (TPSA) is 15.3 Å². The van der Waals surface area contributed by atoms with Gasteiger partial charge in [-0.05, 0) is 43.0 Å². The zero-order valence-electron chi connectivity index (χ0n) is 12.3. The third-order valence-electron chi connectivity index (χ3n) is 3.65. The fourth-order valence-corrected chi connectivity index (χ4v) is 2.96. The zero-order chi connectivity index (χ0) is 14.5. The molecule has 1 heterocycles. The highest BCUT2D eigenvalue weighted by molar-refractivity contribution is 6.30. The van der Waals surface area contributed by atoms with Gasteiger partial charge in [0.2, 0.25) is 0 Å². The van der Waals surface area contributed by atoms with Gasteiger partial charge < -0.3 is 5.32 Å². The van der Waals surface area contributed by atoms with Crippen LogP contribution in [0.5, 0.6) is 0 Å². The molecule has 0 aromatic heterocycles. The van der Waals surface area contributed by atoms with Gasteiger partial charge in [-0.15, -0.1) is 0 Å². The lowest BCUT2D eigenvalue weighted by molar-refractivity contribution is 0.216. The van der Waals surface area contributed by atoms with Crippen LogP contribution in [0.15, 0.2) is 18.2 Å². The van der Waals surface area contributed by atoms with Gasteiger partial charge in [0.25, 0.3) is 0 Å². The van der Waals surface area contributed by atoms with Crippen molar-refractivity contribution in [2.24, 2.45) is 5.92 Å². The number of hydrogen-bond acceptors (Lipinski definition) is 2. The number of halogens is 2. The Morgan fingerprint density at radius 1 is 1.45 bits per heavy atom. The molecule has 1 aliphatic rings. The van der Waals surface area contributed by atoms with Crippen LogP contribution in [0.4, 0.5) is 4.39 Å². The van der Waals surface area contributed by atoms with Gasteiger partial charge in [0.15, 0.2) is 0 Å². The Kier molecular flexibility index (Phi) is 5.82.